The van der Waals surface area contributed by atoms with Crippen molar-refractivity contribution in [1.82, 2.24) is 19.1 Å². The van der Waals surface area contributed by atoms with Gasteiger partial charge in [0.1, 0.15) is 0 Å². The van der Waals surface area contributed by atoms with Gasteiger partial charge in [0.25, 0.3) is 0 Å². The van der Waals surface area contributed by atoms with Crippen LogP contribution in [0.1, 0.15) is 17.3 Å². The Morgan fingerprint density at radius 2 is 1.72 bits per heavy atom. The molecule has 32 heavy (non-hydrogen) atoms. The van der Waals surface area contributed by atoms with E-state index in [-0.39, 0.29) is 16.4 Å². The molecular weight excluding hydrogens is 448 g/mol. The van der Waals surface area contributed by atoms with E-state index in [1.165, 1.54) is 16.1 Å². The number of aromatic nitrogens is 3. The number of thioether (sulfide) groups is 1. The maximum atomic E-state index is 12.8. The quantitative estimate of drug-likeness (QED) is 0.367. The van der Waals surface area contributed by atoms with E-state index in [1.54, 1.807) is 36.4 Å². The van der Waals surface area contributed by atoms with Crippen molar-refractivity contribution in [3.05, 3.63) is 60.2 Å². The molecule has 0 amide bonds. The molecule has 0 spiro atoms. The number of rotatable bonds is 8. The number of benzene rings is 2. The Morgan fingerprint density at radius 1 is 1.03 bits per heavy atom. The van der Waals surface area contributed by atoms with Crippen LogP contribution in [0.3, 0.4) is 0 Å². The van der Waals surface area contributed by atoms with Gasteiger partial charge >= 0.3 is 0 Å². The monoisotopic (exact) mass is 472 g/mol. The first-order chi connectivity index (χ1) is 15.5. The van der Waals surface area contributed by atoms with Crippen molar-refractivity contribution >= 4 is 27.6 Å². The maximum Gasteiger partial charge on any atom is 0.243 e. The van der Waals surface area contributed by atoms with E-state index in [9.17, 15) is 13.2 Å². The number of carbonyl (C=O) groups is 1. The maximum absolute atomic E-state index is 12.8. The summed E-state index contributed by atoms with van der Waals surface area (Å²) in [7, 11) is -3.55. The van der Waals surface area contributed by atoms with Crippen molar-refractivity contribution in [1.29, 1.82) is 0 Å². The highest BCUT2D eigenvalue weighted by atomic mass is 32.2. The number of sulfonamides is 1. The van der Waals surface area contributed by atoms with Crippen molar-refractivity contribution < 1.29 is 17.9 Å². The predicted molar refractivity (Wildman–Crippen MR) is 122 cm³/mol. The molecule has 8 nitrogen and oxygen atoms in total. The van der Waals surface area contributed by atoms with Crippen LogP contribution in [0.4, 0.5) is 0 Å². The second-order valence-electron chi connectivity index (χ2n) is 7.17. The summed E-state index contributed by atoms with van der Waals surface area (Å²) in [5.41, 5.74) is 1.43. The molecule has 4 rings (SSSR count). The average molecular weight is 473 g/mol. The highest BCUT2D eigenvalue weighted by Crippen LogP contribution is 2.26. The Hall–Kier alpha value is -2.53. The Balaban J connectivity index is 1.50. The molecule has 1 aliphatic rings. The molecule has 0 aliphatic carbocycles. The Bertz CT molecular complexity index is 1170. The van der Waals surface area contributed by atoms with Gasteiger partial charge in [0.2, 0.25) is 10.0 Å². The highest BCUT2D eigenvalue weighted by Gasteiger charge is 2.26. The van der Waals surface area contributed by atoms with Crippen LogP contribution >= 0.6 is 11.8 Å². The van der Waals surface area contributed by atoms with Crippen LogP contribution in [-0.2, 0) is 21.3 Å². The van der Waals surface area contributed by atoms with Crippen LogP contribution in [0, 0.1) is 0 Å². The molecule has 2 aromatic carbocycles. The summed E-state index contributed by atoms with van der Waals surface area (Å²) in [5, 5.41) is 9.20. The van der Waals surface area contributed by atoms with Gasteiger partial charge in [0.15, 0.2) is 16.8 Å². The summed E-state index contributed by atoms with van der Waals surface area (Å²) >= 11 is 1.34. The largest absolute Gasteiger partial charge is 0.379 e. The number of ketones is 1. The van der Waals surface area contributed by atoms with Crippen molar-refractivity contribution in [3.8, 4) is 11.4 Å². The number of carbonyl (C=O) groups excluding carboxylic acids is 1. The molecule has 1 saturated heterocycles. The van der Waals surface area contributed by atoms with Gasteiger partial charge in [-0.2, -0.15) is 4.31 Å². The number of hydrogen-bond acceptors (Lipinski definition) is 7. The van der Waals surface area contributed by atoms with Gasteiger partial charge in [-0.15, -0.1) is 10.2 Å². The zero-order valence-electron chi connectivity index (χ0n) is 17.7. The van der Waals surface area contributed by atoms with Crippen LogP contribution in [0.2, 0.25) is 0 Å². The molecule has 1 fully saturated rings. The van der Waals surface area contributed by atoms with Crippen molar-refractivity contribution in [2.75, 3.05) is 32.1 Å². The molecule has 1 aromatic heterocycles. The number of Topliss-reactive ketones (excluding diaryl/α,β-unsaturated/α-hetero) is 1. The number of ether oxygens (including phenoxy) is 1. The zero-order chi connectivity index (χ0) is 22.6. The summed E-state index contributed by atoms with van der Waals surface area (Å²) in [5.74, 6) is 0.928. The minimum atomic E-state index is -3.55. The first kappa shape index (κ1) is 22.7. The van der Waals surface area contributed by atoms with E-state index in [0.717, 1.165) is 5.56 Å². The number of nitrogens with zero attached hydrogens (tertiary/aromatic N) is 4. The van der Waals surface area contributed by atoms with Gasteiger partial charge in [-0.25, -0.2) is 8.42 Å². The molecule has 3 aromatic rings. The minimum absolute atomic E-state index is 0.0282. The zero-order valence-corrected chi connectivity index (χ0v) is 19.3. The fourth-order valence-electron chi connectivity index (χ4n) is 3.44. The lowest BCUT2D eigenvalue weighted by Gasteiger charge is -2.26. The number of morpholine rings is 1. The van der Waals surface area contributed by atoms with E-state index in [1.807, 2.05) is 29.7 Å². The molecule has 0 bridgehead atoms. The summed E-state index contributed by atoms with van der Waals surface area (Å²) in [6.07, 6.45) is 0. The molecule has 0 unspecified atom stereocenters. The van der Waals surface area contributed by atoms with Gasteiger partial charge in [-0.1, -0.05) is 42.1 Å². The van der Waals surface area contributed by atoms with E-state index >= 15 is 0 Å². The van der Waals surface area contributed by atoms with Crippen LogP contribution in [-0.4, -0.2) is 65.3 Å². The lowest BCUT2D eigenvalue weighted by molar-refractivity contribution is 0.0730. The molecule has 168 valence electrons. The van der Waals surface area contributed by atoms with Gasteiger partial charge in [0, 0.05) is 30.8 Å². The molecule has 0 radical (unpaired) electrons. The topological polar surface area (TPSA) is 94.4 Å². The fraction of sp³-hybridized carbons (Fsp3) is 0.318. The lowest BCUT2D eigenvalue weighted by atomic mass is 10.2. The molecular formula is C22H24N4O4S2. The standard InChI is InChI=1S/C22H24N4O4S2/c1-2-26-21(23-24-22(26)31-16-20(27)17-6-4-3-5-7-17)18-8-10-19(11-9-18)32(28,29)25-12-14-30-15-13-25/h3-11H,2,12-16H2,1H3. The molecule has 10 heteroatoms. The highest BCUT2D eigenvalue weighted by molar-refractivity contribution is 7.99. The summed E-state index contributed by atoms with van der Waals surface area (Å²) < 4.78 is 34.3. The van der Waals surface area contributed by atoms with Crippen molar-refractivity contribution in [2.24, 2.45) is 0 Å². The Kier molecular flexibility index (Phi) is 7.04. The Labute approximate surface area is 191 Å². The van der Waals surface area contributed by atoms with E-state index in [2.05, 4.69) is 10.2 Å². The smallest absolute Gasteiger partial charge is 0.243 e. The minimum Gasteiger partial charge on any atom is -0.379 e. The second kappa shape index (κ2) is 9.95. The SMILES string of the molecule is CCn1c(SCC(=O)c2ccccc2)nnc1-c1ccc(S(=O)(=O)N2CCOCC2)cc1. The van der Waals surface area contributed by atoms with Crippen LogP contribution in [0.15, 0.2) is 64.6 Å². The number of hydrogen-bond donors (Lipinski definition) is 0. The van der Waals surface area contributed by atoms with Crippen molar-refractivity contribution in [3.63, 3.8) is 0 Å². The van der Waals surface area contributed by atoms with Gasteiger partial charge in [-0.3, -0.25) is 4.79 Å². The van der Waals surface area contributed by atoms with Crippen LogP contribution in [0.5, 0.6) is 0 Å². The summed E-state index contributed by atoms with van der Waals surface area (Å²) in [6.45, 7) is 4.13. The third kappa shape index (κ3) is 4.78. The van der Waals surface area contributed by atoms with E-state index < -0.39 is 10.0 Å². The molecule has 0 N–H and O–H groups in total. The predicted octanol–water partition coefficient (Wildman–Crippen LogP) is 2.96. The molecule has 1 aliphatic heterocycles. The van der Waals surface area contributed by atoms with Crippen LogP contribution < -0.4 is 0 Å². The third-order valence-electron chi connectivity index (χ3n) is 5.18. The van der Waals surface area contributed by atoms with E-state index in [0.29, 0.717) is 49.4 Å². The van der Waals surface area contributed by atoms with E-state index in [4.69, 9.17) is 4.74 Å². The fourth-order valence-corrected chi connectivity index (χ4v) is 5.75. The molecule has 0 saturated carbocycles. The second-order valence-corrected chi connectivity index (χ2v) is 10.0. The normalized spacial score (nSPS) is 15.0. The van der Waals surface area contributed by atoms with Gasteiger partial charge in [-0.05, 0) is 31.2 Å². The summed E-state index contributed by atoms with van der Waals surface area (Å²) in [6, 6.07) is 15.8. The van der Waals surface area contributed by atoms with Crippen molar-refractivity contribution in [2.45, 2.75) is 23.5 Å². The van der Waals surface area contributed by atoms with Gasteiger partial charge in [0.05, 0.1) is 23.9 Å². The first-order valence-electron chi connectivity index (χ1n) is 10.3. The Morgan fingerprint density at radius 3 is 2.38 bits per heavy atom. The summed E-state index contributed by atoms with van der Waals surface area (Å²) in [4.78, 5) is 12.7. The first-order valence-corrected chi connectivity index (χ1v) is 12.8. The average Bonchev–Trinajstić information content (AvgIpc) is 3.26. The third-order valence-corrected chi connectivity index (χ3v) is 8.06. The van der Waals surface area contributed by atoms with Gasteiger partial charge < -0.3 is 9.30 Å². The molecule has 2 heterocycles. The lowest BCUT2D eigenvalue weighted by Crippen LogP contribution is -2.40. The molecule has 0 atom stereocenters. The van der Waals surface area contributed by atoms with Crippen LogP contribution in [0.25, 0.3) is 11.4 Å².